The normalized spacial score (nSPS) is 27.0. The Balaban J connectivity index is 2.54. The molecule has 5 N–H and O–H groups in total. The lowest BCUT2D eigenvalue weighted by Crippen LogP contribution is -2.64. The summed E-state index contributed by atoms with van der Waals surface area (Å²) < 4.78 is 81.1. The number of alkyl halides is 3. The van der Waals surface area contributed by atoms with Gasteiger partial charge in [0.15, 0.2) is 6.29 Å². The quantitative estimate of drug-likeness (QED) is 0.174. The van der Waals surface area contributed by atoms with Crippen LogP contribution in [-0.4, -0.2) is 91.6 Å². The number of halogens is 3. The van der Waals surface area contributed by atoms with Crippen LogP contribution in [0.15, 0.2) is 0 Å². The van der Waals surface area contributed by atoms with Crippen molar-refractivity contribution in [3.8, 4) is 0 Å². The molecule has 0 aromatic rings. The molecule has 1 heterocycles. The molecule has 16 heteroatoms. The van der Waals surface area contributed by atoms with Gasteiger partial charge in [0.1, 0.15) is 24.4 Å². The second kappa shape index (κ2) is 11.9. The van der Waals surface area contributed by atoms with E-state index in [1.807, 2.05) is 0 Å². The van der Waals surface area contributed by atoms with E-state index in [1.54, 1.807) is 5.32 Å². The molecule has 5 atom stereocenters. The Hall–Kier alpha value is -1.56. The molecule has 0 aromatic heterocycles. The third-order valence-corrected chi connectivity index (χ3v) is 4.53. The summed E-state index contributed by atoms with van der Waals surface area (Å²) in [6, 6.07) is -1.22. The smallest absolute Gasteiger partial charge is 0.388 e. The summed E-state index contributed by atoms with van der Waals surface area (Å²) in [5.41, 5.74) is 0. The molecule has 0 saturated carbocycles. The molecule has 1 aliphatic heterocycles. The first-order chi connectivity index (χ1) is 14.2. The van der Waals surface area contributed by atoms with Crippen molar-refractivity contribution in [3.63, 3.8) is 0 Å². The maximum Gasteiger partial charge on any atom is 0.471 e. The second-order valence-corrected chi connectivity index (χ2v) is 7.74. The summed E-state index contributed by atoms with van der Waals surface area (Å²) in [6.45, 7) is 0.0525. The van der Waals surface area contributed by atoms with Crippen molar-refractivity contribution >= 4 is 22.2 Å². The van der Waals surface area contributed by atoms with Crippen LogP contribution in [-0.2, 0) is 33.6 Å². The second-order valence-electron chi connectivity index (χ2n) is 6.65. The van der Waals surface area contributed by atoms with E-state index in [0.29, 0.717) is 12.8 Å². The number of hydrogen-bond donors (Lipinski definition) is 5. The molecule has 0 aliphatic carbocycles. The fourth-order valence-corrected chi connectivity index (χ4v) is 2.96. The lowest BCUT2D eigenvalue weighted by Gasteiger charge is -2.42. The Morgan fingerprint density at radius 1 is 1.13 bits per heavy atom. The highest BCUT2D eigenvalue weighted by Crippen LogP contribution is 2.23. The van der Waals surface area contributed by atoms with Crippen LogP contribution < -0.4 is 10.6 Å². The highest BCUT2D eigenvalue weighted by molar-refractivity contribution is 7.80. The van der Waals surface area contributed by atoms with Crippen molar-refractivity contribution in [2.75, 3.05) is 19.8 Å². The highest BCUT2D eigenvalue weighted by Gasteiger charge is 2.46. The monoisotopic (exact) mass is 482 g/mol. The molecular weight excluding hydrogens is 457 g/mol. The molecule has 1 fully saturated rings. The Bertz CT molecular complexity index is 706. The van der Waals surface area contributed by atoms with Gasteiger partial charge in [0.25, 0.3) is 0 Å². The van der Waals surface area contributed by atoms with Crippen LogP contribution in [0, 0.1) is 0 Å². The summed E-state index contributed by atoms with van der Waals surface area (Å²) in [5.74, 6) is -2.62. The van der Waals surface area contributed by atoms with Gasteiger partial charge in [0.05, 0.1) is 6.61 Å². The van der Waals surface area contributed by atoms with E-state index in [4.69, 9.17) is 14.0 Å². The highest BCUT2D eigenvalue weighted by atomic mass is 32.3. The van der Waals surface area contributed by atoms with E-state index in [1.165, 1.54) is 0 Å². The summed E-state index contributed by atoms with van der Waals surface area (Å²) in [4.78, 5) is 22.0. The first-order valence-corrected chi connectivity index (χ1v) is 10.5. The standard InChI is InChI=1S/C15H25F3N2O10S/c1-8(21)20-10-12(23)11(22)9(7-29-31(25,26)27)30-13(10)28-6-4-2-3-5-19-14(24)15(16,17)18/h9-13,22-23H,2-7H2,1H3,(H,19,24)(H,20,21)(H,25,26,27)/t9-,10-,11-,12-,13-/m1/s1. The maximum absolute atomic E-state index is 12.1. The Morgan fingerprint density at radius 3 is 2.32 bits per heavy atom. The van der Waals surface area contributed by atoms with Gasteiger partial charge in [0, 0.05) is 20.1 Å². The minimum atomic E-state index is -4.96. The largest absolute Gasteiger partial charge is 0.471 e. The number of hydrogen-bond acceptors (Lipinski definition) is 9. The number of carbonyl (C=O) groups excluding carboxylic acids is 2. The van der Waals surface area contributed by atoms with E-state index in [9.17, 15) is 41.4 Å². The molecule has 31 heavy (non-hydrogen) atoms. The van der Waals surface area contributed by atoms with E-state index >= 15 is 0 Å². The number of aliphatic hydroxyl groups is 2. The average Bonchev–Trinajstić information content (AvgIpc) is 2.63. The fourth-order valence-electron chi connectivity index (χ4n) is 2.66. The third kappa shape index (κ3) is 10.1. The Kier molecular flexibility index (Phi) is 10.5. The topological polar surface area (TPSA) is 181 Å². The Morgan fingerprint density at radius 2 is 1.77 bits per heavy atom. The fraction of sp³-hybridized carbons (Fsp3) is 0.867. The molecule has 1 aliphatic rings. The zero-order valence-electron chi connectivity index (χ0n) is 16.4. The predicted molar refractivity (Wildman–Crippen MR) is 94.6 cm³/mol. The number of amides is 2. The average molecular weight is 482 g/mol. The van der Waals surface area contributed by atoms with Gasteiger partial charge >= 0.3 is 22.5 Å². The molecule has 0 unspecified atom stereocenters. The molecule has 0 bridgehead atoms. The van der Waals surface area contributed by atoms with Gasteiger partial charge in [-0.05, 0) is 19.3 Å². The van der Waals surface area contributed by atoms with Crippen molar-refractivity contribution in [1.82, 2.24) is 10.6 Å². The van der Waals surface area contributed by atoms with Crippen LogP contribution in [0.4, 0.5) is 13.2 Å². The number of carbonyl (C=O) groups is 2. The first-order valence-electron chi connectivity index (χ1n) is 9.09. The molecule has 1 saturated heterocycles. The van der Waals surface area contributed by atoms with E-state index in [2.05, 4.69) is 9.50 Å². The molecular formula is C15H25F3N2O10S. The SMILES string of the molecule is CC(=O)N[C@H]1[C@H](OCCCCCNC(=O)C(F)(F)F)O[C@H](COS(=O)(=O)O)[C@@H](O)[C@@H]1O. The molecule has 0 spiro atoms. The lowest BCUT2D eigenvalue weighted by molar-refractivity contribution is -0.268. The van der Waals surface area contributed by atoms with Gasteiger partial charge in [-0.3, -0.25) is 14.1 Å². The van der Waals surface area contributed by atoms with Crippen molar-refractivity contribution in [1.29, 1.82) is 0 Å². The van der Waals surface area contributed by atoms with E-state index < -0.39 is 65.6 Å². The van der Waals surface area contributed by atoms with E-state index in [0.717, 1.165) is 6.92 Å². The van der Waals surface area contributed by atoms with Crippen LogP contribution in [0.25, 0.3) is 0 Å². The summed E-state index contributed by atoms with van der Waals surface area (Å²) in [6.07, 6.45) is -10.1. The maximum atomic E-state index is 12.1. The van der Waals surface area contributed by atoms with Gasteiger partial charge in [-0.1, -0.05) is 0 Å². The molecule has 0 radical (unpaired) electrons. The third-order valence-electron chi connectivity index (χ3n) is 4.10. The zero-order chi connectivity index (χ0) is 23.8. The van der Waals surface area contributed by atoms with Crippen LogP contribution in [0.3, 0.4) is 0 Å². The van der Waals surface area contributed by atoms with Crippen molar-refractivity contribution in [2.45, 2.75) is 63.0 Å². The molecule has 2 amide bonds. The van der Waals surface area contributed by atoms with Gasteiger partial charge in [0.2, 0.25) is 5.91 Å². The van der Waals surface area contributed by atoms with Gasteiger partial charge in [-0.15, -0.1) is 0 Å². The van der Waals surface area contributed by atoms with Crippen molar-refractivity contribution < 1.29 is 59.6 Å². The molecule has 0 aromatic carbocycles. The first kappa shape index (κ1) is 27.5. The Labute approximate surface area is 176 Å². The van der Waals surface area contributed by atoms with Gasteiger partial charge in [-0.2, -0.15) is 21.6 Å². The molecule has 1 rings (SSSR count). The minimum Gasteiger partial charge on any atom is -0.388 e. The predicted octanol–water partition coefficient (Wildman–Crippen LogP) is -1.38. The number of aliphatic hydroxyl groups excluding tert-OH is 2. The van der Waals surface area contributed by atoms with Crippen LogP contribution in [0.2, 0.25) is 0 Å². The van der Waals surface area contributed by atoms with Crippen LogP contribution >= 0.6 is 0 Å². The van der Waals surface area contributed by atoms with Gasteiger partial charge < -0.3 is 30.3 Å². The van der Waals surface area contributed by atoms with Gasteiger partial charge in [-0.25, -0.2) is 4.18 Å². The van der Waals surface area contributed by atoms with Crippen molar-refractivity contribution in [2.24, 2.45) is 0 Å². The number of rotatable bonds is 11. The summed E-state index contributed by atoms with van der Waals surface area (Å²) in [7, 11) is -4.84. The number of ether oxygens (including phenoxy) is 2. The minimum absolute atomic E-state index is 0.0390. The zero-order valence-corrected chi connectivity index (χ0v) is 17.2. The number of nitrogens with one attached hydrogen (secondary N) is 2. The summed E-state index contributed by atoms with van der Waals surface area (Å²) >= 11 is 0. The van der Waals surface area contributed by atoms with E-state index in [-0.39, 0.29) is 19.6 Å². The number of unbranched alkanes of at least 4 members (excludes halogenated alkanes) is 2. The van der Waals surface area contributed by atoms with Crippen LogP contribution in [0.5, 0.6) is 0 Å². The summed E-state index contributed by atoms with van der Waals surface area (Å²) in [5, 5.41) is 24.3. The lowest BCUT2D eigenvalue weighted by atomic mass is 9.97. The molecule has 182 valence electrons. The van der Waals surface area contributed by atoms with Crippen LogP contribution in [0.1, 0.15) is 26.2 Å². The van der Waals surface area contributed by atoms with Crippen molar-refractivity contribution in [3.05, 3.63) is 0 Å². The molecule has 12 nitrogen and oxygen atoms in total.